The van der Waals surface area contributed by atoms with Crippen LogP contribution in [0.15, 0.2) is 20.1 Å². The quantitative estimate of drug-likeness (QED) is 0.818. The van der Waals surface area contributed by atoms with Gasteiger partial charge in [0.25, 0.3) is 0 Å². The summed E-state index contributed by atoms with van der Waals surface area (Å²) in [7, 11) is 0. The molecule has 10 heavy (non-hydrogen) atoms. The lowest BCUT2D eigenvalue weighted by Gasteiger charge is -1.90. The number of halogens is 1. The number of rotatable bonds is 3. The molecule has 1 aromatic rings. The van der Waals surface area contributed by atoms with E-state index < -0.39 is 0 Å². The molecule has 1 nitrogen and oxygen atoms in total. The van der Waals surface area contributed by atoms with E-state index in [-0.39, 0.29) is 6.61 Å². The zero-order chi connectivity index (χ0) is 7.40. The number of hydrogen-bond donors (Lipinski definition) is 1. The molecule has 1 N–H and O–H groups in total. The average Bonchev–Trinajstić information content (AvgIpc) is 2.31. The zero-order valence-corrected chi connectivity index (χ0v) is 8.43. The van der Waals surface area contributed by atoms with Crippen molar-refractivity contribution in [3.63, 3.8) is 0 Å². The van der Waals surface area contributed by atoms with Crippen LogP contribution in [-0.4, -0.2) is 17.5 Å². The molecule has 0 aliphatic carbocycles. The number of aliphatic hydroxyl groups is 1. The van der Waals surface area contributed by atoms with Crippen LogP contribution in [0.3, 0.4) is 0 Å². The van der Waals surface area contributed by atoms with Crippen molar-refractivity contribution in [2.75, 3.05) is 12.4 Å². The van der Waals surface area contributed by atoms with Gasteiger partial charge in [-0.2, -0.15) is 0 Å². The van der Waals surface area contributed by atoms with Gasteiger partial charge in [-0.3, -0.25) is 0 Å². The Labute approximate surface area is 76.6 Å². The predicted molar refractivity (Wildman–Crippen MR) is 49.8 cm³/mol. The van der Waals surface area contributed by atoms with Crippen LogP contribution in [0.1, 0.15) is 0 Å². The number of thioether (sulfide) groups is 1. The third-order valence-corrected chi connectivity index (χ3v) is 3.79. The van der Waals surface area contributed by atoms with Gasteiger partial charge in [-0.1, -0.05) is 0 Å². The minimum absolute atomic E-state index is 0.250. The van der Waals surface area contributed by atoms with Gasteiger partial charge in [0, 0.05) is 15.6 Å². The lowest BCUT2D eigenvalue weighted by Crippen LogP contribution is -1.82. The lowest BCUT2D eigenvalue weighted by atomic mass is 10.7. The summed E-state index contributed by atoms with van der Waals surface area (Å²) >= 11 is 6.73. The largest absolute Gasteiger partial charge is 0.396 e. The molecule has 56 valence electrons. The van der Waals surface area contributed by atoms with E-state index in [1.54, 1.807) is 23.1 Å². The van der Waals surface area contributed by atoms with E-state index in [4.69, 9.17) is 5.11 Å². The molecule has 0 bridgehead atoms. The molecule has 1 heterocycles. The maximum atomic E-state index is 8.51. The summed E-state index contributed by atoms with van der Waals surface area (Å²) in [5.74, 6) is 0.785. The van der Waals surface area contributed by atoms with Gasteiger partial charge in [0.05, 0.1) is 10.8 Å². The van der Waals surface area contributed by atoms with Crippen LogP contribution < -0.4 is 0 Å². The van der Waals surface area contributed by atoms with Gasteiger partial charge in [-0.05, 0) is 22.0 Å². The van der Waals surface area contributed by atoms with Gasteiger partial charge in [-0.25, -0.2) is 0 Å². The first kappa shape index (κ1) is 8.59. The van der Waals surface area contributed by atoms with Gasteiger partial charge in [0.1, 0.15) is 0 Å². The summed E-state index contributed by atoms with van der Waals surface area (Å²) in [6.45, 7) is 0.250. The van der Waals surface area contributed by atoms with E-state index in [9.17, 15) is 0 Å². The highest BCUT2D eigenvalue weighted by atomic mass is 79.9. The highest BCUT2D eigenvalue weighted by Crippen LogP contribution is 2.28. The van der Waals surface area contributed by atoms with E-state index in [2.05, 4.69) is 22.0 Å². The monoisotopic (exact) mass is 238 g/mol. The first-order chi connectivity index (χ1) is 4.83. The molecule has 1 aromatic heterocycles. The van der Waals surface area contributed by atoms with Crippen molar-refractivity contribution in [1.29, 1.82) is 0 Å². The SMILES string of the molecule is OCCSc1cc(Br)cs1. The number of hydrogen-bond acceptors (Lipinski definition) is 3. The summed E-state index contributed by atoms with van der Waals surface area (Å²) in [5, 5.41) is 10.5. The summed E-state index contributed by atoms with van der Waals surface area (Å²) in [4.78, 5) is 0. The zero-order valence-electron chi connectivity index (χ0n) is 5.21. The molecule has 0 saturated carbocycles. The summed E-state index contributed by atoms with van der Waals surface area (Å²) in [6.07, 6.45) is 0. The molecule has 0 aliphatic heterocycles. The molecule has 1 rings (SSSR count). The maximum absolute atomic E-state index is 8.51. The lowest BCUT2D eigenvalue weighted by molar-refractivity contribution is 0.322. The van der Waals surface area contributed by atoms with Crippen molar-refractivity contribution in [2.24, 2.45) is 0 Å². The molecule has 0 spiro atoms. The Bertz CT molecular complexity index is 199. The number of thiophene rings is 1. The topological polar surface area (TPSA) is 20.2 Å². The third-order valence-electron chi connectivity index (χ3n) is 0.879. The first-order valence-electron chi connectivity index (χ1n) is 2.80. The fourth-order valence-electron chi connectivity index (χ4n) is 0.517. The number of aliphatic hydroxyl groups excluding tert-OH is 1. The van der Waals surface area contributed by atoms with Gasteiger partial charge < -0.3 is 5.11 Å². The van der Waals surface area contributed by atoms with Crippen LogP contribution in [0.25, 0.3) is 0 Å². The fraction of sp³-hybridized carbons (Fsp3) is 0.333. The Morgan fingerprint density at radius 2 is 2.50 bits per heavy atom. The van der Waals surface area contributed by atoms with Crippen molar-refractivity contribution < 1.29 is 5.11 Å². The second kappa shape index (κ2) is 4.38. The van der Waals surface area contributed by atoms with Gasteiger partial charge in [0.15, 0.2) is 0 Å². The predicted octanol–water partition coefficient (Wildman–Crippen LogP) is 2.60. The van der Waals surface area contributed by atoms with Crippen molar-refractivity contribution in [1.82, 2.24) is 0 Å². The van der Waals surface area contributed by atoms with Gasteiger partial charge in [0.2, 0.25) is 0 Å². The minimum Gasteiger partial charge on any atom is -0.396 e. The van der Waals surface area contributed by atoms with Crippen LogP contribution in [0.4, 0.5) is 0 Å². The Hall–Kier alpha value is 0.490. The highest BCUT2D eigenvalue weighted by molar-refractivity contribution is 9.10. The molecule has 0 atom stereocenters. The molecule has 0 aliphatic rings. The van der Waals surface area contributed by atoms with E-state index in [1.807, 2.05) is 5.38 Å². The molecule has 0 fully saturated rings. The van der Waals surface area contributed by atoms with Crippen molar-refractivity contribution in [2.45, 2.75) is 4.21 Å². The Morgan fingerprint density at radius 3 is 3.00 bits per heavy atom. The van der Waals surface area contributed by atoms with Crippen LogP contribution in [0, 0.1) is 0 Å². The van der Waals surface area contributed by atoms with E-state index in [1.165, 1.54) is 4.21 Å². The second-order valence-corrected chi connectivity index (χ2v) is 4.88. The molecule has 0 amide bonds. The van der Waals surface area contributed by atoms with Crippen molar-refractivity contribution in [3.8, 4) is 0 Å². The normalized spacial score (nSPS) is 10.2. The molecule has 0 radical (unpaired) electrons. The standard InChI is InChI=1S/C6H7BrOS2/c7-5-3-6(10-4-5)9-2-1-8/h3-4,8H,1-2H2. The van der Waals surface area contributed by atoms with Crippen molar-refractivity contribution >= 4 is 39.0 Å². The maximum Gasteiger partial charge on any atom is 0.0610 e. The Morgan fingerprint density at radius 1 is 1.70 bits per heavy atom. The smallest absolute Gasteiger partial charge is 0.0610 e. The Kier molecular flexibility index (Phi) is 3.76. The second-order valence-electron chi connectivity index (χ2n) is 1.66. The minimum atomic E-state index is 0.250. The average molecular weight is 239 g/mol. The summed E-state index contributed by atoms with van der Waals surface area (Å²) < 4.78 is 2.37. The first-order valence-corrected chi connectivity index (χ1v) is 5.46. The van der Waals surface area contributed by atoms with E-state index >= 15 is 0 Å². The molecule has 0 unspecified atom stereocenters. The molecular formula is C6H7BrOS2. The van der Waals surface area contributed by atoms with Crippen LogP contribution in [-0.2, 0) is 0 Å². The third kappa shape index (κ3) is 2.62. The summed E-state index contributed by atoms with van der Waals surface area (Å²) in [6, 6.07) is 2.06. The molecular weight excluding hydrogens is 232 g/mol. The van der Waals surface area contributed by atoms with Gasteiger partial charge in [-0.15, -0.1) is 23.1 Å². The Balaban J connectivity index is 2.42. The van der Waals surface area contributed by atoms with E-state index in [0.717, 1.165) is 10.2 Å². The van der Waals surface area contributed by atoms with Gasteiger partial charge >= 0.3 is 0 Å². The molecule has 0 aromatic carbocycles. The fourth-order valence-corrected chi connectivity index (χ4v) is 2.99. The van der Waals surface area contributed by atoms with Crippen LogP contribution in [0.5, 0.6) is 0 Å². The van der Waals surface area contributed by atoms with Crippen molar-refractivity contribution in [3.05, 3.63) is 15.9 Å². The highest BCUT2D eigenvalue weighted by Gasteiger charge is 1.95. The van der Waals surface area contributed by atoms with Crippen LogP contribution in [0.2, 0.25) is 0 Å². The molecule has 4 heteroatoms. The summed E-state index contributed by atoms with van der Waals surface area (Å²) in [5.41, 5.74) is 0. The molecule has 0 saturated heterocycles. The van der Waals surface area contributed by atoms with E-state index in [0.29, 0.717) is 0 Å². The van der Waals surface area contributed by atoms with Crippen LogP contribution >= 0.6 is 39.0 Å².